The Hall–Kier alpha value is -0.700. The van der Waals surface area contributed by atoms with Gasteiger partial charge in [0.15, 0.2) is 5.78 Å². The van der Waals surface area contributed by atoms with Crippen molar-refractivity contribution < 1.29 is 9.18 Å². The maximum Gasteiger partial charge on any atom is 0.163 e. The van der Waals surface area contributed by atoms with E-state index in [2.05, 4.69) is 15.9 Å². The normalized spacial score (nSPS) is 10.1. The molecule has 70 valence electrons. The van der Waals surface area contributed by atoms with E-state index < -0.39 is 6.67 Å². The highest BCUT2D eigenvalue weighted by Crippen LogP contribution is 2.20. The number of hydrogen-bond acceptors (Lipinski definition) is 1. The molecule has 0 N–H and O–H groups in total. The average molecular weight is 245 g/mol. The van der Waals surface area contributed by atoms with Crippen LogP contribution in [-0.2, 0) is 6.67 Å². The van der Waals surface area contributed by atoms with E-state index in [1.54, 1.807) is 25.1 Å². The van der Waals surface area contributed by atoms with Gasteiger partial charge in [0.05, 0.1) is 0 Å². The standard InChI is InChI=1S/C10H10BrFO/c1-2-10(13)8-4-3-7(6-12)5-9(8)11/h3-5H,2,6H2,1H3. The summed E-state index contributed by atoms with van der Waals surface area (Å²) in [7, 11) is 0. The summed E-state index contributed by atoms with van der Waals surface area (Å²) in [6.07, 6.45) is 0.466. The van der Waals surface area contributed by atoms with Crippen LogP contribution in [0.2, 0.25) is 0 Å². The van der Waals surface area contributed by atoms with Crippen LogP contribution in [0.5, 0.6) is 0 Å². The van der Waals surface area contributed by atoms with Crippen LogP contribution in [0, 0.1) is 0 Å². The van der Waals surface area contributed by atoms with Crippen LogP contribution in [0.15, 0.2) is 22.7 Å². The highest BCUT2D eigenvalue weighted by atomic mass is 79.9. The third-order valence-electron chi connectivity index (χ3n) is 1.81. The maximum atomic E-state index is 12.2. The fourth-order valence-corrected chi connectivity index (χ4v) is 1.71. The molecule has 0 saturated carbocycles. The van der Waals surface area contributed by atoms with Crippen molar-refractivity contribution in [3.8, 4) is 0 Å². The lowest BCUT2D eigenvalue weighted by Crippen LogP contribution is -1.98. The summed E-state index contributed by atoms with van der Waals surface area (Å²) in [6.45, 7) is 1.30. The molecule has 0 saturated heterocycles. The van der Waals surface area contributed by atoms with Crippen molar-refractivity contribution in [1.82, 2.24) is 0 Å². The first-order chi connectivity index (χ1) is 6.19. The first kappa shape index (κ1) is 10.4. The number of carbonyl (C=O) groups excluding carboxylic acids is 1. The minimum absolute atomic E-state index is 0.0669. The molecule has 3 heteroatoms. The predicted octanol–water partition coefficient (Wildman–Crippen LogP) is 3.51. The Morgan fingerprint density at radius 2 is 2.23 bits per heavy atom. The summed E-state index contributed by atoms with van der Waals surface area (Å²) in [5.74, 6) is 0.0669. The molecule has 0 heterocycles. The van der Waals surface area contributed by atoms with Crippen molar-refractivity contribution in [1.29, 1.82) is 0 Å². The fourth-order valence-electron chi connectivity index (χ4n) is 1.06. The molecule has 1 aromatic rings. The lowest BCUT2D eigenvalue weighted by atomic mass is 10.1. The summed E-state index contributed by atoms with van der Waals surface area (Å²) in [4.78, 5) is 11.3. The molecule has 0 unspecified atom stereocenters. The van der Waals surface area contributed by atoms with E-state index in [0.717, 1.165) is 0 Å². The Kier molecular flexibility index (Phi) is 3.60. The van der Waals surface area contributed by atoms with Gasteiger partial charge in [-0.15, -0.1) is 0 Å². The summed E-state index contributed by atoms with van der Waals surface area (Å²) >= 11 is 3.24. The van der Waals surface area contributed by atoms with Gasteiger partial charge in [0.25, 0.3) is 0 Å². The van der Waals surface area contributed by atoms with E-state index in [9.17, 15) is 9.18 Å². The van der Waals surface area contributed by atoms with E-state index >= 15 is 0 Å². The topological polar surface area (TPSA) is 17.1 Å². The maximum absolute atomic E-state index is 12.2. The quantitative estimate of drug-likeness (QED) is 0.744. The van der Waals surface area contributed by atoms with Crippen LogP contribution in [0.1, 0.15) is 29.3 Å². The van der Waals surface area contributed by atoms with Crippen LogP contribution >= 0.6 is 15.9 Å². The molecule has 1 nitrogen and oxygen atoms in total. The van der Waals surface area contributed by atoms with Gasteiger partial charge in [-0.3, -0.25) is 4.79 Å². The highest BCUT2D eigenvalue weighted by molar-refractivity contribution is 9.10. The van der Waals surface area contributed by atoms with Crippen LogP contribution in [0.3, 0.4) is 0 Å². The van der Waals surface area contributed by atoms with Crippen LogP contribution in [0.4, 0.5) is 4.39 Å². The van der Waals surface area contributed by atoms with Gasteiger partial charge in [-0.2, -0.15) is 0 Å². The summed E-state index contributed by atoms with van der Waals surface area (Å²) in [6, 6.07) is 4.93. The van der Waals surface area contributed by atoms with E-state index in [1.807, 2.05) is 0 Å². The lowest BCUT2D eigenvalue weighted by molar-refractivity contribution is 0.0987. The van der Waals surface area contributed by atoms with E-state index in [0.29, 0.717) is 22.0 Å². The molecule has 0 aliphatic rings. The Bertz CT molecular complexity index is 323. The van der Waals surface area contributed by atoms with Gasteiger partial charge in [-0.25, -0.2) is 4.39 Å². The second kappa shape index (κ2) is 4.51. The zero-order valence-corrected chi connectivity index (χ0v) is 8.90. The van der Waals surface area contributed by atoms with Crippen molar-refractivity contribution in [2.24, 2.45) is 0 Å². The first-order valence-corrected chi connectivity index (χ1v) is 4.86. The molecule has 0 radical (unpaired) electrons. The van der Waals surface area contributed by atoms with E-state index in [1.165, 1.54) is 0 Å². The van der Waals surface area contributed by atoms with Crippen LogP contribution < -0.4 is 0 Å². The summed E-state index contributed by atoms with van der Waals surface area (Å²) in [5, 5.41) is 0. The molecule has 1 rings (SSSR count). The van der Waals surface area contributed by atoms with Crippen molar-refractivity contribution in [3.63, 3.8) is 0 Å². The molecular weight excluding hydrogens is 235 g/mol. The van der Waals surface area contributed by atoms with Crippen molar-refractivity contribution in [2.75, 3.05) is 0 Å². The Balaban J connectivity index is 3.05. The van der Waals surface area contributed by atoms with Gasteiger partial charge in [0.1, 0.15) is 6.67 Å². The molecular formula is C10H10BrFO. The Labute approximate surface area is 85.1 Å². The number of halogens is 2. The number of Topliss-reactive ketones (excluding diaryl/α,β-unsaturated/α-hetero) is 1. The molecule has 13 heavy (non-hydrogen) atoms. The van der Waals surface area contributed by atoms with Crippen molar-refractivity contribution >= 4 is 21.7 Å². The predicted molar refractivity (Wildman–Crippen MR) is 53.6 cm³/mol. The highest BCUT2D eigenvalue weighted by Gasteiger charge is 2.07. The van der Waals surface area contributed by atoms with Crippen molar-refractivity contribution in [2.45, 2.75) is 20.0 Å². The number of alkyl halides is 1. The molecule has 0 aliphatic heterocycles. The SMILES string of the molecule is CCC(=O)c1ccc(CF)cc1Br. The second-order valence-electron chi connectivity index (χ2n) is 2.72. The summed E-state index contributed by atoms with van der Waals surface area (Å²) < 4.78 is 12.9. The minimum atomic E-state index is -0.501. The van der Waals surface area contributed by atoms with Gasteiger partial charge >= 0.3 is 0 Å². The monoisotopic (exact) mass is 244 g/mol. The first-order valence-electron chi connectivity index (χ1n) is 4.06. The van der Waals surface area contributed by atoms with Crippen LogP contribution in [0.25, 0.3) is 0 Å². The molecule has 1 aromatic carbocycles. The molecule has 0 amide bonds. The molecule has 0 spiro atoms. The number of rotatable bonds is 3. The van der Waals surface area contributed by atoms with Gasteiger partial charge in [0, 0.05) is 16.5 Å². The van der Waals surface area contributed by atoms with Crippen LogP contribution in [-0.4, -0.2) is 5.78 Å². The van der Waals surface area contributed by atoms with E-state index in [-0.39, 0.29) is 5.78 Å². The van der Waals surface area contributed by atoms with Crippen molar-refractivity contribution in [3.05, 3.63) is 33.8 Å². The summed E-state index contributed by atoms with van der Waals surface area (Å²) in [5.41, 5.74) is 1.21. The molecule has 0 atom stereocenters. The fraction of sp³-hybridized carbons (Fsp3) is 0.300. The largest absolute Gasteiger partial charge is 0.294 e. The molecule has 0 aromatic heterocycles. The number of carbonyl (C=O) groups is 1. The Morgan fingerprint density at radius 3 is 2.69 bits per heavy atom. The third-order valence-corrected chi connectivity index (χ3v) is 2.47. The van der Waals surface area contributed by atoms with Gasteiger partial charge in [-0.05, 0) is 17.7 Å². The number of ketones is 1. The lowest BCUT2D eigenvalue weighted by Gasteiger charge is -2.02. The van der Waals surface area contributed by atoms with Gasteiger partial charge in [-0.1, -0.05) is 28.9 Å². The molecule has 0 fully saturated rings. The van der Waals surface area contributed by atoms with Gasteiger partial charge in [0.2, 0.25) is 0 Å². The zero-order valence-electron chi connectivity index (χ0n) is 7.31. The second-order valence-corrected chi connectivity index (χ2v) is 3.58. The minimum Gasteiger partial charge on any atom is -0.294 e. The number of benzene rings is 1. The number of hydrogen-bond donors (Lipinski definition) is 0. The van der Waals surface area contributed by atoms with Gasteiger partial charge < -0.3 is 0 Å². The average Bonchev–Trinajstić information content (AvgIpc) is 2.16. The zero-order chi connectivity index (χ0) is 9.84. The Morgan fingerprint density at radius 1 is 1.54 bits per heavy atom. The molecule has 0 bridgehead atoms. The van der Waals surface area contributed by atoms with E-state index in [4.69, 9.17) is 0 Å². The smallest absolute Gasteiger partial charge is 0.163 e. The molecule has 0 aliphatic carbocycles. The third kappa shape index (κ3) is 2.37.